The number of halogens is 1. The molecule has 2 aromatic heterocycles. The summed E-state index contributed by atoms with van der Waals surface area (Å²) in [5.41, 5.74) is 0. The maximum Gasteiger partial charge on any atom is 0.225 e. The lowest BCUT2D eigenvalue weighted by molar-refractivity contribution is 0.260. The predicted molar refractivity (Wildman–Crippen MR) is 113 cm³/mol. The van der Waals surface area contributed by atoms with Gasteiger partial charge in [-0.1, -0.05) is 0 Å². The fourth-order valence-electron chi connectivity index (χ4n) is 2.76. The number of hydrogen-bond acceptors (Lipinski definition) is 6. The van der Waals surface area contributed by atoms with E-state index in [9.17, 15) is 0 Å². The molecule has 3 heterocycles. The Hall–Kier alpha value is -1.88. The van der Waals surface area contributed by atoms with Crippen molar-refractivity contribution in [3.8, 4) is 0 Å². The molecule has 0 bridgehead atoms. The van der Waals surface area contributed by atoms with Gasteiger partial charge in [-0.05, 0) is 18.2 Å². The topological polar surface area (TPSA) is 81.8 Å². The monoisotopic (exact) mass is 471 g/mol. The van der Waals surface area contributed by atoms with Crippen molar-refractivity contribution in [2.75, 3.05) is 51.2 Å². The summed E-state index contributed by atoms with van der Waals surface area (Å²) in [6, 6.07) is 5.67. The van der Waals surface area contributed by atoms with Crippen molar-refractivity contribution in [2.24, 2.45) is 4.99 Å². The van der Waals surface area contributed by atoms with Crippen molar-refractivity contribution in [3.63, 3.8) is 0 Å². The SMILES string of the molecule is CN=C(NCCN1CCN(c2ncccn2)CC1)NCc1ccco1.I. The Bertz CT molecular complexity index is 642. The van der Waals surface area contributed by atoms with Gasteiger partial charge in [-0.2, -0.15) is 0 Å². The number of furan rings is 1. The van der Waals surface area contributed by atoms with E-state index in [1.165, 1.54) is 0 Å². The minimum absolute atomic E-state index is 0. The number of nitrogens with zero attached hydrogens (tertiary/aromatic N) is 5. The molecule has 2 N–H and O–H groups in total. The minimum atomic E-state index is 0. The van der Waals surface area contributed by atoms with Crippen LogP contribution >= 0.6 is 24.0 Å². The molecule has 0 spiro atoms. The van der Waals surface area contributed by atoms with E-state index in [-0.39, 0.29) is 24.0 Å². The van der Waals surface area contributed by atoms with E-state index >= 15 is 0 Å². The number of nitrogens with one attached hydrogen (secondary N) is 2. The van der Waals surface area contributed by atoms with Gasteiger partial charge in [0.05, 0.1) is 12.8 Å². The molecule has 1 aliphatic heterocycles. The molecule has 26 heavy (non-hydrogen) atoms. The summed E-state index contributed by atoms with van der Waals surface area (Å²) < 4.78 is 5.31. The average molecular weight is 471 g/mol. The van der Waals surface area contributed by atoms with E-state index in [4.69, 9.17) is 4.42 Å². The van der Waals surface area contributed by atoms with Crippen LogP contribution in [0.3, 0.4) is 0 Å². The van der Waals surface area contributed by atoms with Crippen LogP contribution in [-0.2, 0) is 6.54 Å². The highest BCUT2D eigenvalue weighted by Crippen LogP contribution is 2.09. The van der Waals surface area contributed by atoms with Crippen molar-refractivity contribution in [1.29, 1.82) is 0 Å². The molecule has 3 rings (SSSR count). The molecule has 8 nitrogen and oxygen atoms in total. The highest BCUT2D eigenvalue weighted by molar-refractivity contribution is 14.0. The van der Waals surface area contributed by atoms with Gasteiger partial charge in [-0.25, -0.2) is 9.97 Å². The number of hydrogen-bond donors (Lipinski definition) is 2. The number of piperazine rings is 1. The molecule has 0 aromatic carbocycles. The maximum absolute atomic E-state index is 5.31. The van der Waals surface area contributed by atoms with Gasteiger partial charge in [-0.3, -0.25) is 9.89 Å². The smallest absolute Gasteiger partial charge is 0.225 e. The second kappa shape index (κ2) is 11.0. The van der Waals surface area contributed by atoms with Crippen LogP contribution in [0.25, 0.3) is 0 Å². The number of aliphatic imine (C=N–C) groups is 1. The Morgan fingerprint density at radius 1 is 1.15 bits per heavy atom. The third kappa shape index (κ3) is 6.13. The third-order valence-electron chi connectivity index (χ3n) is 4.16. The fraction of sp³-hybridized carbons (Fsp3) is 0.471. The minimum Gasteiger partial charge on any atom is -0.467 e. The zero-order valence-corrected chi connectivity index (χ0v) is 17.3. The van der Waals surface area contributed by atoms with Gasteiger partial charge < -0.3 is 20.0 Å². The molecule has 1 saturated heterocycles. The largest absolute Gasteiger partial charge is 0.467 e. The summed E-state index contributed by atoms with van der Waals surface area (Å²) in [7, 11) is 1.77. The quantitative estimate of drug-likeness (QED) is 0.372. The first-order valence-corrected chi connectivity index (χ1v) is 8.56. The Labute approximate surface area is 171 Å². The summed E-state index contributed by atoms with van der Waals surface area (Å²) >= 11 is 0. The van der Waals surface area contributed by atoms with Crippen molar-refractivity contribution in [2.45, 2.75) is 6.54 Å². The lowest BCUT2D eigenvalue weighted by Gasteiger charge is -2.34. The lowest BCUT2D eigenvalue weighted by atomic mass is 10.3. The second-order valence-electron chi connectivity index (χ2n) is 5.81. The summed E-state index contributed by atoms with van der Waals surface area (Å²) in [5.74, 6) is 2.50. The first-order chi connectivity index (χ1) is 12.3. The van der Waals surface area contributed by atoms with Crippen LogP contribution in [0.15, 0.2) is 46.3 Å². The van der Waals surface area contributed by atoms with Gasteiger partial charge >= 0.3 is 0 Å². The Morgan fingerprint density at radius 3 is 2.58 bits per heavy atom. The van der Waals surface area contributed by atoms with Crippen LogP contribution in [0.5, 0.6) is 0 Å². The van der Waals surface area contributed by atoms with E-state index < -0.39 is 0 Å². The van der Waals surface area contributed by atoms with Crippen LogP contribution in [-0.4, -0.2) is 67.1 Å². The Kier molecular flexibility index (Phi) is 8.62. The molecular formula is C17H26IN7O. The molecule has 1 aliphatic rings. The molecule has 0 aliphatic carbocycles. The number of rotatable bonds is 6. The van der Waals surface area contributed by atoms with Gasteiger partial charge in [0.25, 0.3) is 0 Å². The highest BCUT2D eigenvalue weighted by atomic mass is 127. The number of aromatic nitrogens is 2. The van der Waals surface area contributed by atoms with Gasteiger partial charge in [0.1, 0.15) is 5.76 Å². The van der Waals surface area contributed by atoms with Crippen molar-refractivity contribution < 1.29 is 4.42 Å². The van der Waals surface area contributed by atoms with Crippen LogP contribution in [0.1, 0.15) is 5.76 Å². The standard InChI is InChI=1S/C17H25N7O.HI/c1-18-16(22-14-15-4-2-13-25-15)19-7-8-23-9-11-24(12-10-23)17-20-5-3-6-21-17;/h2-6,13H,7-12,14H2,1H3,(H2,18,19,22);1H. The van der Waals surface area contributed by atoms with Gasteiger partial charge in [0.15, 0.2) is 5.96 Å². The zero-order chi connectivity index (χ0) is 17.3. The normalized spacial score (nSPS) is 15.4. The molecule has 9 heteroatoms. The van der Waals surface area contributed by atoms with Crippen LogP contribution in [0.2, 0.25) is 0 Å². The second-order valence-corrected chi connectivity index (χ2v) is 5.81. The van der Waals surface area contributed by atoms with Crippen LogP contribution < -0.4 is 15.5 Å². The zero-order valence-electron chi connectivity index (χ0n) is 15.0. The molecule has 1 fully saturated rings. The fourth-order valence-corrected chi connectivity index (χ4v) is 2.76. The van der Waals surface area contributed by atoms with E-state index in [2.05, 4.69) is 35.4 Å². The molecule has 0 amide bonds. The van der Waals surface area contributed by atoms with Crippen molar-refractivity contribution in [3.05, 3.63) is 42.6 Å². The Morgan fingerprint density at radius 2 is 1.92 bits per heavy atom. The summed E-state index contributed by atoms with van der Waals surface area (Å²) in [6.07, 6.45) is 5.26. The molecule has 0 unspecified atom stereocenters. The van der Waals surface area contributed by atoms with Gasteiger partial charge in [0, 0.05) is 58.7 Å². The van der Waals surface area contributed by atoms with Gasteiger partial charge in [-0.15, -0.1) is 24.0 Å². The van der Waals surface area contributed by atoms with Gasteiger partial charge in [0.2, 0.25) is 5.95 Å². The predicted octanol–water partition coefficient (Wildman–Crippen LogP) is 1.17. The maximum atomic E-state index is 5.31. The van der Waals surface area contributed by atoms with E-state index in [0.717, 1.165) is 56.9 Å². The van der Waals surface area contributed by atoms with E-state index in [1.54, 1.807) is 25.7 Å². The van der Waals surface area contributed by atoms with Crippen LogP contribution in [0, 0.1) is 0 Å². The molecule has 142 valence electrons. The number of anilines is 1. The molecule has 2 aromatic rings. The Balaban J connectivity index is 0.00000243. The molecule has 0 radical (unpaired) electrons. The van der Waals surface area contributed by atoms with E-state index in [1.807, 2.05) is 18.2 Å². The molecule has 0 atom stereocenters. The van der Waals surface area contributed by atoms with E-state index in [0.29, 0.717) is 6.54 Å². The van der Waals surface area contributed by atoms with Crippen molar-refractivity contribution >= 4 is 35.9 Å². The summed E-state index contributed by atoms with van der Waals surface area (Å²) in [4.78, 5) is 17.5. The lowest BCUT2D eigenvalue weighted by Crippen LogP contribution is -2.49. The highest BCUT2D eigenvalue weighted by Gasteiger charge is 2.18. The summed E-state index contributed by atoms with van der Waals surface area (Å²) in [6.45, 7) is 6.38. The van der Waals surface area contributed by atoms with Crippen LogP contribution in [0.4, 0.5) is 5.95 Å². The molecular weight excluding hydrogens is 445 g/mol. The molecule has 0 saturated carbocycles. The first-order valence-electron chi connectivity index (χ1n) is 8.56. The first kappa shape index (κ1) is 20.4. The number of guanidine groups is 1. The average Bonchev–Trinajstić information content (AvgIpc) is 3.19. The van der Waals surface area contributed by atoms with Crippen molar-refractivity contribution in [1.82, 2.24) is 25.5 Å². The summed E-state index contributed by atoms with van der Waals surface area (Å²) in [5, 5.41) is 6.58. The third-order valence-corrected chi connectivity index (χ3v) is 4.16.